The Morgan fingerprint density at radius 1 is 1.43 bits per heavy atom. The molecule has 0 bridgehead atoms. The van der Waals surface area contributed by atoms with Gasteiger partial charge in [0.1, 0.15) is 0 Å². The fourth-order valence-electron chi connectivity index (χ4n) is 1.50. The van der Waals surface area contributed by atoms with Crippen LogP contribution in [0.15, 0.2) is 22.7 Å². The molecule has 78 valence electrons. The maximum absolute atomic E-state index is 5.97. The Bertz CT molecular complexity index is 301. The molecule has 1 aromatic rings. The highest BCUT2D eigenvalue weighted by Crippen LogP contribution is 2.28. The maximum Gasteiger partial charge on any atom is 0.0410 e. The van der Waals surface area contributed by atoms with Crippen molar-refractivity contribution in [1.82, 2.24) is 5.32 Å². The van der Waals surface area contributed by atoms with E-state index < -0.39 is 0 Å². The van der Waals surface area contributed by atoms with Gasteiger partial charge in [0.15, 0.2) is 0 Å². The van der Waals surface area contributed by atoms with Gasteiger partial charge in [-0.1, -0.05) is 41.4 Å². The molecule has 0 aliphatic carbocycles. The zero-order valence-corrected chi connectivity index (χ0v) is 10.8. The monoisotopic (exact) mass is 275 g/mol. The fraction of sp³-hybridized carbons (Fsp3) is 0.455. The van der Waals surface area contributed by atoms with Crippen molar-refractivity contribution in [2.75, 3.05) is 6.54 Å². The van der Waals surface area contributed by atoms with Crippen LogP contribution < -0.4 is 5.32 Å². The third-order valence-corrected chi connectivity index (χ3v) is 3.15. The molecule has 1 nitrogen and oxygen atoms in total. The number of halogens is 2. The predicted octanol–water partition coefficient (Wildman–Crippen LogP) is 4.16. The summed E-state index contributed by atoms with van der Waals surface area (Å²) < 4.78 is 1.12. The van der Waals surface area contributed by atoms with Crippen LogP contribution >= 0.6 is 27.5 Å². The van der Waals surface area contributed by atoms with E-state index in [1.54, 1.807) is 0 Å². The van der Waals surface area contributed by atoms with Gasteiger partial charge < -0.3 is 5.32 Å². The van der Waals surface area contributed by atoms with Crippen LogP contribution in [0.5, 0.6) is 0 Å². The first-order valence-corrected chi connectivity index (χ1v) is 6.04. The van der Waals surface area contributed by atoms with Crippen molar-refractivity contribution in [3.05, 3.63) is 33.3 Å². The third kappa shape index (κ3) is 2.97. The first-order chi connectivity index (χ1) is 6.69. The van der Waals surface area contributed by atoms with Gasteiger partial charge in [-0.3, -0.25) is 0 Å². The molecule has 0 amide bonds. The molecular formula is C11H15BrClN. The first kappa shape index (κ1) is 12.0. The van der Waals surface area contributed by atoms with Crippen LogP contribution in [0, 0.1) is 0 Å². The lowest BCUT2D eigenvalue weighted by Crippen LogP contribution is -2.20. The second-order valence-electron chi connectivity index (χ2n) is 3.18. The standard InChI is InChI=1S/C11H15BrClN/c1-3-11(14-4-2)9-7-8(13)5-6-10(9)12/h5-7,11,14H,3-4H2,1-2H3. The number of nitrogens with one attached hydrogen (secondary N) is 1. The van der Waals surface area contributed by atoms with Crippen molar-refractivity contribution in [2.24, 2.45) is 0 Å². The lowest BCUT2D eigenvalue weighted by molar-refractivity contribution is 0.535. The van der Waals surface area contributed by atoms with E-state index in [2.05, 4.69) is 35.1 Å². The minimum absolute atomic E-state index is 0.382. The summed E-state index contributed by atoms with van der Waals surface area (Å²) in [6.45, 7) is 5.25. The molecule has 1 rings (SSSR count). The molecule has 0 heterocycles. The third-order valence-electron chi connectivity index (χ3n) is 2.19. The van der Waals surface area contributed by atoms with Crippen LogP contribution in [0.4, 0.5) is 0 Å². The van der Waals surface area contributed by atoms with Crippen molar-refractivity contribution >= 4 is 27.5 Å². The Morgan fingerprint density at radius 2 is 2.14 bits per heavy atom. The van der Waals surface area contributed by atoms with Gasteiger partial charge in [0.2, 0.25) is 0 Å². The highest BCUT2D eigenvalue weighted by molar-refractivity contribution is 9.10. The van der Waals surface area contributed by atoms with Crippen molar-refractivity contribution in [3.8, 4) is 0 Å². The van der Waals surface area contributed by atoms with E-state index >= 15 is 0 Å². The summed E-state index contributed by atoms with van der Waals surface area (Å²) in [5.74, 6) is 0. The fourth-order valence-corrected chi connectivity index (χ4v) is 2.21. The van der Waals surface area contributed by atoms with E-state index in [4.69, 9.17) is 11.6 Å². The smallest absolute Gasteiger partial charge is 0.0410 e. The van der Waals surface area contributed by atoms with Crippen molar-refractivity contribution in [2.45, 2.75) is 26.3 Å². The number of rotatable bonds is 4. The molecule has 0 fully saturated rings. The largest absolute Gasteiger partial charge is 0.310 e. The summed E-state index contributed by atoms with van der Waals surface area (Å²) in [6.07, 6.45) is 1.06. The van der Waals surface area contributed by atoms with Crippen LogP contribution in [-0.2, 0) is 0 Å². The quantitative estimate of drug-likeness (QED) is 0.870. The second kappa shape index (κ2) is 5.74. The van der Waals surface area contributed by atoms with Gasteiger partial charge in [0.25, 0.3) is 0 Å². The van der Waals surface area contributed by atoms with Gasteiger partial charge >= 0.3 is 0 Å². The van der Waals surface area contributed by atoms with Crippen LogP contribution in [0.3, 0.4) is 0 Å². The Balaban J connectivity index is 2.96. The zero-order valence-electron chi connectivity index (χ0n) is 8.48. The van der Waals surface area contributed by atoms with Gasteiger partial charge in [-0.05, 0) is 36.7 Å². The topological polar surface area (TPSA) is 12.0 Å². The lowest BCUT2D eigenvalue weighted by atomic mass is 10.0. The minimum atomic E-state index is 0.382. The van der Waals surface area contributed by atoms with Crippen LogP contribution in [0.25, 0.3) is 0 Å². The predicted molar refractivity (Wildman–Crippen MR) is 65.9 cm³/mol. The second-order valence-corrected chi connectivity index (χ2v) is 4.48. The number of hydrogen-bond donors (Lipinski definition) is 1. The van der Waals surface area contributed by atoms with Crippen LogP contribution in [0.1, 0.15) is 31.9 Å². The molecule has 0 saturated heterocycles. The summed E-state index contributed by atoms with van der Waals surface area (Å²) in [6, 6.07) is 6.29. The van der Waals surface area contributed by atoms with Crippen molar-refractivity contribution in [3.63, 3.8) is 0 Å². The van der Waals surface area contributed by atoms with E-state index in [1.165, 1.54) is 5.56 Å². The summed E-state index contributed by atoms with van der Waals surface area (Å²) in [7, 11) is 0. The molecule has 0 radical (unpaired) electrons. The van der Waals surface area contributed by atoms with Gasteiger partial charge in [-0.2, -0.15) is 0 Å². The van der Waals surface area contributed by atoms with Crippen molar-refractivity contribution < 1.29 is 0 Å². The molecule has 1 atom stereocenters. The molecular weight excluding hydrogens is 261 g/mol. The van der Waals surface area contributed by atoms with Gasteiger partial charge in [0.05, 0.1) is 0 Å². The minimum Gasteiger partial charge on any atom is -0.310 e. The summed E-state index contributed by atoms with van der Waals surface area (Å²) >= 11 is 9.51. The van der Waals surface area contributed by atoms with E-state index in [-0.39, 0.29) is 0 Å². The summed E-state index contributed by atoms with van der Waals surface area (Å²) in [4.78, 5) is 0. The molecule has 0 aromatic heterocycles. The van der Waals surface area contributed by atoms with Crippen LogP contribution in [-0.4, -0.2) is 6.54 Å². The number of benzene rings is 1. The Hall–Kier alpha value is -0.0500. The maximum atomic E-state index is 5.97. The van der Waals surface area contributed by atoms with E-state index in [0.717, 1.165) is 22.5 Å². The summed E-state index contributed by atoms with van der Waals surface area (Å²) in [5.41, 5.74) is 1.24. The summed E-state index contributed by atoms with van der Waals surface area (Å²) in [5, 5.41) is 4.22. The van der Waals surface area contributed by atoms with E-state index in [9.17, 15) is 0 Å². The normalized spacial score (nSPS) is 12.9. The van der Waals surface area contributed by atoms with E-state index in [1.807, 2.05) is 18.2 Å². The van der Waals surface area contributed by atoms with Crippen molar-refractivity contribution in [1.29, 1.82) is 0 Å². The molecule has 3 heteroatoms. The van der Waals surface area contributed by atoms with Gasteiger partial charge in [-0.15, -0.1) is 0 Å². The number of hydrogen-bond acceptors (Lipinski definition) is 1. The van der Waals surface area contributed by atoms with Gasteiger partial charge in [-0.25, -0.2) is 0 Å². The molecule has 0 aliphatic rings. The molecule has 1 unspecified atom stereocenters. The lowest BCUT2D eigenvalue weighted by Gasteiger charge is -2.18. The van der Waals surface area contributed by atoms with Crippen LogP contribution in [0.2, 0.25) is 5.02 Å². The highest BCUT2D eigenvalue weighted by atomic mass is 79.9. The van der Waals surface area contributed by atoms with Gasteiger partial charge in [0, 0.05) is 15.5 Å². The molecule has 0 spiro atoms. The Kier molecular flexibility index (Phi) is 4.93. The molecule has 1 aromatic carbocycles. The molecule has 0 aliphatic heterocycles. The molecule has 0 saturated carbocycles. The zero-order chi connectivity index (χ0) is 10.6. The SMILES string of the molecule is CCNC(CC)c1cc(Cl)ccc1Br. The Labute approximate surface area is 99.0 Å². The molecule has 1 N–H and O–H groups in total. The highest BCUT2D eigenvalue weighted by Gasteiger charge is 2.11. The Morgan fingerprint density at radius 3 is 2.71 bits per heavy atom. The molecule has 14 heavy (non-hydrogen) atoms. The van der Waals surface area contributed by atoms with E-state index in [0.29, 0.717) is 6.04 Å². The average Bonchev–Trinajstić information content (AvgIpc) is 2.18. The average molecular weight is 277 g/mol. The first-order valence-electron chi connectivity index (χ1n) is 4.87.